The average molecular weight is 254 g/mol. The van der Waals surface area contributed by atoms with E-state index in [-0.39, 0.29) is 12.6 Å². The predicted octanol–water partition coefficient (Wildman–Crippen LogP) is 1.09. The average Bonchev–Trinajstić information content (AvgIpc) is 3.06. The topological polar surface area (TPSA) is 74.4 Å². The maximum absolute atomic E-state index is 9.18. The van der Waals surface area contributed by atoms with E-state index in [1.165, 1.54) is 12.8 Å². The van der Waals surface area contributed by atoms with Crippen molar-refractivity contribution in [2.75, 3.05) is 25.1 Å². The Hall–Kier alpha value is -1.14. The standard InChI is InChI=1S/C12H22N4O2/c1-9(13-2)11-14-15-12(18-11)16(7-8-17)10-5-3-4-6-10/h9-10,13,17H,3-8H2,1-2H3. The Morgan fingerprint density at radius 1 is 1.44 bits per heavy atom. The molecule has 1 aromatic rings. The fourth-order valence-corrected chi connectivity index (χ4v) is 2.40. The van der Waals surface area contributed by atoms with Gasteiger partial charge < -0.3 is 19.7 Å². The van der Waals surface area contributed by atoms with Crippen LogP contribution in [-0.2, 0) is 0 Å². The van der Waals surface area contributed by atoms with Gasteiger partial charge in [0.1, 0.15) is 0 Å². The lowest BCUT2D eigenvalue weighted by molar-refractivity contribution is 0.291. The van der Waals surface area contributed by atoms with Crippen molar-refractivity contribution >= 4 is 6.01 Å². The van der Waals surface area contributed by atoms with Gasteiger partial charge in [-0.25, -0.2) is 0 Å². The monoisotopic (exact) mass is 254 g/mol. The Morgan fingerprint density at radius 3 is 2.78 bits per heavy atom. The second-order valence-corrected chi connectivity index (χ2v) is 4.79. The number of rotatable bonds is 6. The smallest absolute Gasteiger partial charge is 0.318 e. The molecule has 1 aliphatic rings. The highest BCUT2D eigenvalue weighted by Crippen LogP contribution is 2.27. The number of nitrogens with zero attached hydrogens (tertiary/aromatic N) is 3. The molecule has 6 heteroatoms. The molecule has 0 saturated heterocycles. The Balaban J connectivity index is 2.11. The first-order valence-corrected chi connectivity index (χ1v) is 6.64. The molecular formula is C12H22N4O2. The summed E-state index contributed by atoms with van der Waals surface area (Å²) in [5.74, 6) is 0.591. The first-order valence-electron chi connectivity index (χ1n) is 6.64. The second kappa shape index (κ2) is 6.15. The van der Waals surface area contributed by atoms with E-state index >= 15 is 0 Å². The van der Waals surface area contributed by atoms with Crippen LogP contribution in [0.25, 0.3) is 0 Å². The molecule has 1 heterocycles. The van der Waals surface area contributed by atoms with Gasteiger partial charge in [0, 0.05) is 12.6 Å². The summed E-state index contributed by atoms with van der Waals surface area (Å²) in [6.45, 7) is 2.64. The van der Waals surface area contributed by atoms with E-state index in [9.17, 15) is 5.11 Å². The van der Waals surface area contributed by atoms with Gasteiger partial charge in [-0.1, -0.05) is 17.9 Å². The zero-order chi connectivity index (χ0) is 13.0. The van der Waals surface area contributed by atoms with Gasteiger partial charge in [0.2, 0.25) is 5.89 Å². The second-order valence-electron chi connectivity index (χ2n) is 4.79. The molecule has 6 nitrogen and oxygen atoms in total. The first kappa shape index (κ1) is 13.3. The van der Waals surface area contributed by atoms with Crippen LogP contribution in [-0.4, -0.2) is 41.5 Å². The molecule has 1 aliphatic carbocycles. The van der Waals surface area contributed by atoms with E-state index in [1.807, 2.05) is 18.9 Å². The van der Waals surface area contributed by atoms with Crippen LogP contribution in [0.5, 0.6) is 0 Å². The summed E-state index contributed by atoms with van der Waals surface area (Å²) in [6, 6.07) is 1.01. The normalized spacial score (nSPS) is 18.2. The van der Waals surface area contributed by atoms with Gasteiger partial charge in [-0.2, -0.15) is 0 Å². The highest BCUT2D eigenvalue weighted by molar-refractivity contribution is 5.27. The van der Waals surface area contributed by atoms with E-state index in [2.05, 4.69) is 15.5 Å². The number of nitrogens with one attached hydrogen (secondary N) is 1. The van der Waals surface area contributed by atoms with Crippen molar-refractivity contribution in [2.24, 2.45) is 0 Å². The van der Waals surface area contributed by atoms with Crippen molar-refractivity contribution in [3.05, 3.63) is 5.89 Å². The van der Waals surface area contributed by atoms with Gasteiger partial charge in [-0.15, -0.1) is 5.10 Å². The largest absolute Gasteiger partial charge is 0.406 e. The Labute approximate surface area is 107 Å². The summed E-state index contributed by atoms with van der Waals surface area (Å²) in [7, 11) is 1.86. The lowest BCUT2D eigenvalue weighted by atomic mass is 10.2. The minimum absolute atomic E-state index is 0.0470. The Morgan fingerprint density at radius 2 is 2.17 bits per heavy atom. The molecule has 2 N–H and O–H groups in total. The van der Waals surface area contributed by atoms with Crippen LogP contribution >= 0.6 is 0 Å². The molecule has 1 unspecified atom stereocenters. The zero-order valence-corrected chi connectivity index (χ0v) is 11.1. The molecule has 1 fully saturated rings. The Bertz CT molecular complexity index is 363. The van der Waals surface area contributed by atoms with Gasteiger partial charge in [0.25, 0.3) is 0 Å². The highest BCUT2D eigenvalue weighted by atomic mass is 16.4. The molecule has 0 spiro atoms. The third-order valence-corrected chi connectivity index (χ3v) is 3.59. The number of anilines is 1. The van der Waals surface area contributed by atoms with Crippen LogP contribution in [0.4, 0.5) is 6.01 Å². The molecule has 0 aliphatic heterocycles. The molecule has 102 valence electrons. The minimum Gasteiger partial charge on any atom is -0.406 e. The maximum atomic E-state index is 9.18. The van der Waals surface area contributed by atoms with Crippen molar-refractivity contribution in [3.8, 4) is 0 Å². The maximum Gasteiger partial charge on any atom is 0.318 e. The summed E-state index contributed by atoms with van der Waals surface area (Å²) < 4.78 is 5.69. The number of aliphatic hydroxyl groups is 1. The van der Waals surface area contributed by atoms with Gasteiger partial charge in [0.15, 0.2) is 0 Å². The summed E-state index contributed by atoms with van der Waals surface area (Å²) in [5, 5.41) is 20.4. The molecule has 2 rings (SSSR count). The SMILES string of the molecule is CNC(C)c1nnc(N(CCO)C2CCCC2)o1. The van der Waals surface area contributed by atoms with Crippen LogP contribution in [0.3, 0.4) is 0 Å². The summed E-state index contributed by atoms with van der Waals surface area (Å²) in [6.07, 6.45) is 4.75. The molecule has 1 aromatic heterocycles. The molecule has 0 aromatic carbocycles. The van der Waals surface area contributed by atoms with Crippen LogP contribution in [0, 0.1) is 0 Å². The molecule has 0 amide bonds. The molecule has 18 heavy (non-hydrogen) atoms. The highest BCUT2D eigenvalue weighted by Gasteiger charge is 2.26. The molecule has 1 atom stereocenters. The zero-order valence-electron chi connectivity index (χ0n) is 11.1. The van der Waals surface area contributed by atoms with Gasteiger partial charge >= 0.3 is 6.01 Å². The quantitative estimate of drug-likeness (QED) is 0.791. The van der Waals surface area contributed by atoms with Crippen LogP contribution < -0.4 is 10.2 Å². The number of aliphatic hydroxyl groups excluding tert-OH is 1. The van der Waals surface area contributed by atoms with Crippen LogP contribution in [0.1, 0.15) is 44.5 Å². The van der Waals surface area contributed by atoms with E-state index in [1.54, 1.807) is 0 Å². The van der Waals surface area contributed by atoms with Gasteiger partial charge in [-0.05, 0) is 26.8 Å². The number of hydrogen-bond acceptors (Lipinski definition) is 6. The van der Waals surface area contributed by atoms with E-state index in [0.29, 0.717) is 24.5 Å². The predicted molar refractivity (Wildman–Crippen MR) is 68.5 cm³/mol. The van der Waals surface area contributed by atoms with Crippen molar-refractivity contribution in [3.63, 3.8) is 0 Å². The molecular weight excluding hydrogens is 232 g/mol. The molecule has 1 saturated carbocycles. The third-order valence-electron chi connectivity index (χ3n) is 3.59. The lowest BCUT2D eigenvalue weighted by Crippen LogP contribution is -2.35. The summed E-state index contributed by atoms with van der Waals surface area (Å²) in [5.41, 5.74) is 0. The van der Waals surface area contributed by atoms with Gasteiger partial charge in [-0.3, -0.25) is 0 Å². The number of hydrogen-bond donors (Lipinski definition) is 2. The first-order chi connectivity index (χ1) is 8.76. The van der Waals surface area contributed by atoms with Crippen molar-refractivity contribution in [2.45, 2.75) is 44.7 Å². The lowest BCUT2D eigenvalue weighted by Gasteiger charge is -2.25. The van der Waals surface area contributed by atoms with Crippen LogP contribution in [0.15, 0.2) is 4.42 Å². The fourth-order valence-electron chi connectivity index (χ4n) is 2.40. The van der Waals surface area contributed by atoms with Crippen molar-refractivity contribution in [1.82, 2.24) is 15.5 Å². The molecule has 0 bridgehead atoms. The fraction of sp³-hybridized carbons (Fsp3) is 0.833. The van der Waals surface area contributed by atoms with Crippen molar-refractivity contribution in [1.29, 1.82) is 0 Å². The van der Waals surface area contributed by atoms with E-state index in [0.717, 1.165) is 12.8 Å². The summed E-state index contributed by atoms with van der Waals surface area (Å²) in [4.78, 5) is 2.05. The minimum atomic E-state index is 0.0470. The summed E-state index contributed by atoms with van der Waals surface area (Å²) >= 11 is 0. The van der Waals surface area contributed by atoms with Gasteiger partial charge in [0.05, 0.1) is 12.6 Å². The number of aromatic nitrogens is 2. The Kier molecular flexibility index (Phi) is 4.54. The molecule has 0 radical (unpaired) electrons. The third kappa shape index (κ3) is 2.81. The van der Waals surface area contributed by atoms with Crippen LogP contribution in [0.2, 0.25) is 0 Å². The van der Waals surface area contributed by atoms with E-state index < -0.39 is 0 Å². The van der Waals surface area contributed by atoms with Crippen molar-refractivity contribution < 1.29 is 9.52 Å². The van der Waals surface area contributed by atoms with E-state index in [4.69, 9.17) is 4.42 Å².